The van der Waals surface area contributed by atoms with Gasteiger partial charge in [-0.1, -0.05) is 6.07 Å². The number of aromatic nitrogens is 1. The summed E-state index contributed by atoms with van der Waals surface area (Å²) in [7, 11) is 1.59. The number of methoxy groups -OCH3 is 1. The van der Waals surface area contributed by atoms with Crippen molar-refractivity contribution < 1.29 is 18.7 Å². The number of pyridine rings is 1. The second-order valence-corrected chi connectivity index (χ2v) is 5.72. The molecule has 2 heterocycles. The van der Waals surface area contributed by atoms with Crippen LogP contribution in [0.3, 0.4) is 0 Å². The summed E-state index contributed by atoms with van der Waals surface area (Å²) >= 11 is 0. The van der Waals surface area contributed by atoms with Gasteiger partial charge in [-0.2, -0.15) is 0 Å². The van der Waals surface area contributed by atoms with Crippen LogP contribution in [0.25, 0.3) is 0 Å². The largest absolute Gasteiger partial charge is 0.493 e. The highest BCUT2D eigenvalue weighted by Gasteiger charge is 2.11. The van der Waals surface area contributed by atoms with Gasteiger partial charge < -0.3 is 19.2 Å². The van der Waals surface area contributed by atoms with Crippen LogP contribution in [0.2, 0.25) is 0 Å². The zero-order valence-electron chi connectivity index (χ0n) is 14.7. The van der Waals surface area contributed by atoms with E-state index < -0.39 is 0 Å². The van der Waals surface area contributed by atoms with Gasteiger partial charge in [-0.15, -0.1) is 0 Å². The molecule has 1 aromatic carbocycles. The molecule has 3 rings (SSSR count). The SMILES string of the molecule is COc1cc(CNC(=O)c2ccc(C)o2)ccc1OCc1ccncc1. The van der Waals surface area contributed by atoms with Crippen LogP contribution in [0.5, 0.6) is 11.5 Å². The molecule has 6 heteroatoms. The van der Waals surface area contributed by atoms with Gasteiger partial charge in [0.2, 0.25) is 0 Å². The third kappa shape index (κ3) is 4.42. The summed E-state index contributed by atoms with van der Waals surface area (Å²) in [6.07, 6.45) is 3.45. The molecule has 0 saturated carbocycles. The number of nitrogens with zero attached hydrogens (tertiary/aromatic N) is 1. The van der Waals surface area contributed by atoms with Gasteiger partial charge in [0.15, 0.2) is 17.3 Å². The number of amides is 1. The van der Waals surface area contributed by atoms with Crippen LogP contribution in [0, 0.1) is 6.92 Å². The number of ether oxygens (including phenoxy) is 2. The molecule has 3 aromatic rings. The number of furan rings is 1. The molecule has 6 nitrogen and oxygen atoms in total. The minimum atomic E-state index is -0.255. The van der Waals surface area contributed by atoms with Gasteiger partial charge in [-0.05, 0) is 54.4 Å². The summed E-state index contributed by atoms with van der Waals surface area (Å²) in [5, 5.41) is 2.82. The molecule has 26 heavy (non-hydrogen) atoms. The van der Waals surface area contributed by atoms with Crippen molar-refractivity contribution in [2.75, 3.05) is 7.11 Å². The van der Waals surface area contributed by atoms with Gasteiger partial charge in [0, 0.05) is 18.9 Å². The van der Waals surface area contributed by atoms with Crippen LogP contribution in [0.1, 0.15) is 27.4 Å². The van der Waals surface area contributed by atoms with Crippen LogP contribution in [0.4, 0.5) is 0 Å². The van der Waals surface area contributed by atoms with Crippen molar-refractivity contribution in [1.29, 1.82) is 0 Å². The number of nitrogens with one attached hydrogen (secondary N) is 1. The average molecular weight is 352 g/mol. The normalized spacial score (nSPS) is 10.4. The zero-order chi connectivity index (χ0) is 18.4. The van der Waals surface area contributed by atoms with E-state index in [1.165, 1.54) is 0 Å². The van der Waals surface area contributed by atoms with E-state index >= 15 is 0 Å². The molecule has 1 amide bonds. The molecular weight excluding hydrogens is 332 g/mol. The second-order valence-electron chi connectivity index (χ2n) is 5.72. The molecule has 2 aromatic heterocycles. The van der Waals surface area contributed by atoms with Gasteiger partial charge in [0.05, 0.1) is 7.11 Å². The summed E-state index contributed by atoms with van der Waals surface area (Å²) in [4.78, 5) is 16.0. The first kappa shape index (κ1) is 17.5. The summed E-state index contributed by atoms with van der Waals surface area (Å²) in [5.74, 6) is 2.00. The number of rotatable bonds is 7. The average Bonchev–Trinajstić information content (AvgIpc) is 3.12. The second kappa shape index (κ2) is 8.20. The van der Waals surface area contributed by atoms with E-state index in [4.69, 9.17) is 13.9 Å². The maximum absolute atomic E-state index is 12.0. The summed E-state index contributed by atoms with van der Waals surface area (Å²) in [5.41, 5.74) is 1.92. The Balaban J connectivity index is 1.61. The summed E-state index contributed by atoms with van der Waals surface area (Å²) in [6.45, 7) is 2.58. The maximum atomic E-state index is 12.0. The fraction of sp³-hybridized carbons (Fsp3) is 0.200. The van der Waals surface area contributed by atoms with E-state index in [2.05, 4.69) is 10.3 Å². The smallest absolute Gasteiger partial charge is 0.287 e. The zero-order valence-corrected chi connectivity index (χ0v) is 14.7. The van der Waals surface area contributed by atoms with E-state index in [0.29, 0.717) is 36.2 Å². The molecular formula is C20H20N2O4. The van der Waals surface area contributed by atoms with Gasteiger partial charge in [0.25, 0.3) is 5.91 Å². The number of benzene rings is 1. The highest BCUT2D eigenvalue weighted by molar-refractivity contribution is 5.91. The fourth-order valence-electron chi connectivity index (χ4n) is 2.41. The minimum absolute atomic E-state index is 0.255. The molecule has 1 N–H and O–H groups in total. The van der Waals surface area contributed by atoms with Crippen LogP contribution >= 0.6 is 0 Å². The summed E-state index contributed by atoms with van der Waals surface area (Å²) < 4.78 is 16.5. The Morgan fingerprint density at radius 3 is 2.58 bits per heavy atom. The molecule has 0 aliphatic rings. The Hall–Kier alpha value is -3.28. The van der Waals surface area contributed by atoms with Crippen molar-refractivity contribution in [3.63, 3.8) is 0 Å². The topological polar surface area (TPSA) is 73.6 Å². The first-order valence-electron chi connectivity index (χ1n) is 8.19. The van der Waals surface area contributed by atoms with E-state index in [1.54, 1.807) is 38.6 Å². The molecule has 0 radical (unpaired) electrons. The van der Waals surface area contributed by atoms with Gasteiger partial charge in [-0.3, -0.25) is 9.78 Å². The Kier molecular flexibility index (Phi) is 5.53. The molecule has 0 aliphatic carbocycles. The van der Waals surface area contributed by atoms with Gasteiger partial charge >= 0.3 is 0 Å². The number of aryl methyl sites for hydroxylation is 1. The highest BCUT2D eigenvalue weighted by Crippen LogP contribution is 2.28. The molecule has 0 saturated heterocycles. The van der Waals surface area contributed by atoms with Crippen molar-refractivity contribution in [2.24, 2.45) is 0 Å². The molecule has 0 atom stereocenters. The van der Waals surface area contributed by atoms with Crippen molar-refractivity contribution >= 4 is 5.91 Å². The fourth-order valence-corrected chi connectivity index (χ4v) is 2.41. The first-order chi connectivity index (χ1) is 12.7. The lowest BCUT2D eigenvalue weighted by Gasteiger charge is -2.12. The molecule has 0 bridgehead atoms. The molecule has 134 valence electrons. The molecule has 0 aliphatic heterocycles. The quantitative estimate of drug-likeness (QED) is 0.704. The van der Waals surface area contributed by atoms with Crippen LogP contribution < -0.4 is 14.8 Å². The molecule has 0 fully saturated rings. The minimum Gasteiger partial charge on any atom is -0.493 e. The van der Waals surface area contributed by atoms with E-state index in [-0.39, 0.29) is 5.91 Å². The first-order valence-corrected chi connectivity index (χ1v) is 8.19. The summed E-state index contributed by atoms with van der Waals surface area (Å²) in [6, 6.07) is 12.8. The maximum Gasteiger partial charge on any atom is 0.287 e. The Bertz CT molecular complexity index is 875. The Morgan fingerprint density at radius 2 is 1.88 bits per heavy atom. The van der Waals surface area contributed by atoms with Crippen molar-refractivity contribution in [3.05, 3.63) is 77.5 Å². The van der Waals surface area contributed by atoms with E-state index in [0.717, 1.165) is 11.1 Å². The van der Waals surface area contributed by atoms with E-state index in [1.807, 2.05) is 30.3 Å². The highest BCUT2D eigenvalue weighted by atomic mass is 16.5. The third-order valence-electron chi connectivity index (χ3n) is 3.79. The van der Waals surface area contributed by atoms with Gasteiger partial charge in [-0.25, -0.2) is 0 Å². The third-order valence-corrected chi connectivity index (χ3v) is 3.79. The Morgan fingerprint density at radius 1 is 1.08 bits per heavy atom. The van der Waals surface area contributed by atoms with Gasteiger partial charge in [0.1, 0.15) is 12.4 Å². The monoisotopic (exact) mass is 352 g/mol. The number of carbonyl (C=O) groups is 1. The molecule has 0 spiro atoms. The lowest BCUT2D eigenvalue weighted by Crippen LogP contribution is -2.22. The number of carbonyl (C=O) groups excluding carboxylic acids is 1. The Labute approximate surface area is 151 Å². The van der Waals surface area contributed by atoms with Crippen LogP contribution in [0.15, 0.2) is 59.3 Å². The standard InChI is InChI=1S/C20H20N2O4/c1-14-3-5-18(26-14)20(23)22-12-16-4-6-17(19(11-16)24-2)25-13-15-7-9-21-10-8-15/h3-11H,12-13H2,1-2H3,(H,22,23). The van der Waals surface area contributed by atoms with Crippen molar-refractivity contribution in [2.45, 2.75) is 20.1 Å². The van der Waals surface area contributed by atoms with Crippen molar-refractivity contribution in [1.82, 2.24) is 10.3 Å². The van der Waals surface area contributed by atoms with Crippen LogP contribution in [-0.2, 0) is 13.2 Å². The number of hydrogen-bond acceptors (Lipinski definition) is 5. The van der Waals surface area contributed by atoms with Crippen molar-refractivity contribution in [3.8, 4) is 11.5 Å². The predicted molar refractivity (Wildman–Crippen MR) is 96.2 cm³/mol. The lowest BCUT2D eigenvalue weighted by molar-refractivity contribution is 0.0922. The van der Waals surface area contributed by atoms with Crippen LogP contribution in [-0.4, -0.2) is 18.0 Å². The predicted octanol–water partition coefficient (Wildman–Crippen LogP) is 3.50. The van der Waals surface area contributed by atoms with E-state index in [9.17, 15) is 4.79 Å². The lowest BCUT2D eigenvalue weighted by atomic mass is 10.2. The number of hydrogen-bond donors (Lipinski definition) is 1. The molecule has 0 unspecified atom stereocenters.